The molecule has 1 aromatic heterocycles. The molecule has 0 radical (unpaired) electrons. The second-order valence-corrected chi connectivity index (χ2v) is 4.83. The summed E-state index contributed by atoms with van der Waals surface area (Å²) in [7, 11) is 1.66. The molecule has 0 aliphatic rings. The molecule has 0 aliphatic carbocycles. The number of pyridine rings is 1. The Morgan fingerprint density at radius 1 is 1.28 bits per heavy atom. The SMILES string of the molecule is COc1cc(NCc2cccc(C)n2)ccc1Br. The third-order valence-electron chi connectivity index (χ3n) is 2.57. The molecule has 2 rings (SSSR count). The highest BCUT2D eigenvalue weighted by Crippen LogP contribution is 2.27. The Bertz CT molecular complexity index is 543. The lowest BCUT2D eigenvalue weighted by molar-refractivity contribution is 0.412. The van der Waals surface area contributed by atoms with Crippen molar-refractivity contribution < 1.29 is 4.74 Å². The van der Waals surface area contributed by atoms with Crippen molar-refractivity contribution in [3.8, 4) is 5.75 Å². The molecule has 0 atom stereocenters. The number of rotatable bonds is 4. The van der Waals surface area contributed by atoms with Crippen LogP contribution in [0.2, 0.25) is 0 Å². The molecule has 0 saturated heterocycles. The van der Waals surface area contributed by atoms with Crippen LogP contribution in [-0.2, 0) is 6.54 Å². The number of ether oxygens (including phenoxy) is 1. The highest BCUT2D eigenvalue weighted by molar-refractivity contribution is 9.10. The van der Waals surface area contributed by atoms with Crippen molar-refractivity contribution in [1.29, 1.82) is 0 Å². The number of aryl methyl sites for hydroxylation is 1. The van der Waals surface area contributed by atoms with Crippen molar-refractivity contribution in [2.45, 2.75) is 13.5 Å². The van der Waals surface area contributed by atoms with Crippen LogP contribution in [0.5, 0.6) is 5.75 Å². The van der Waals surface area contributed by atoms with Gasteiger partial charge in [0.1, 0.15) is 5.75 Å². The van der Waals surface area contributed by atoms with Gasteiger partial charge < -0.3 is 10.1 Å². The number of nitrogens with one attached hydrogen (secondary N) is 1. The van der Waals surface area contributed by atoms with E-state index in [-0.39, 0.29) is 0 Å². The van der Waals surface area contributed by atoms with Gasteiger partial charge >= 0.3 is 0 Å². The second kappa shape index (κ2) is 5.87. The van der Waals surface area contributed by atoms with Crippen LogP contribution < -0.4 is 10.1 Å². The number of hydrogen-bond acceptors (Lipinski definition) is 3. The first-order valence-corrected chi connectivity index (χ1v) is 6.48. The summed E-state index contributed by atoms with van der Waals surface area (Å²) in [5, 5.41) is 3.33. The van der Waals surface area contributed by atoms with Gasteiger partial charge in [0, 0.05) is 17.4 Å². The number of nitrogens with zero attached hydrogens (tertiary/aromatic N) is 1. The van der Waals surface area contributed by atoms with E-state index in [2.05, 4.69) is 26.2 Å². The van der Waals surface area contributed by atoms with Crippen molar-refractivity contribution >= 4 is 21.6 Å². The van der Waals surface area contributed by atoms with Crippen molar-refractivity contribution in [3.05, 3.63) is 52.3 Å². The maximum atomic E-state index is 5.25. The second-order valence-electron chi connectivity index (χ2n) is 3.97. The monoisotopic (exact) mass is 306 g/mol. The van der Waals surface area contributed by atoms with Gasteiger partial charge in [0.15, 0.2) is 0 Å². The molecule has 4 heteroatoms. The van der Waals surface area contributed by atoms with E-state index < -0.39 is 0 Å². The minimum Gasteiger partial charge on any atom is -0.495 e. The normalized spacial score (nSPS) is 10.2. The molecular formula is C14H15BrN2O. The Balaban J connectivity index is 2.06. The lowest BCUT2D eigenvalue weighted by Crippen LogP contribution is -2.02. The molecule has 1 N–H and O–H groups in total. The van der Waals surface area contributed by atoms with E-state index in [1.165, 1.54) is 0 Å². The maximum absolute atomic E-state index is 5.25. The van der Waals surface area contributed by atoms with Crippen LogP contribution in [0.25, 0.3) is 0 Å². The van der Waals surface area contributed by atoms with E-state index in [4.69, 9.17) is 4.74 Å². The summed E-state index contributed by atoms with van der Waals surface area (Å²) in [6.07, 6.45) is 0. The van der Waals surface area contributed by atoms with Gasteiger partial charge in [-0.25, -0.2) is 0 Å². The predicted octanol–water partition coefficient (Wildman–Crippen LogP) is 3.77. The number of hydrogen-bond donors (Lipinski definition) is 1. The molecule has 3 nitrogen and oxygen atoms in total. The zero-order valence-corrected chi connectivity index (χ0v) is 12.0. The fraction of sp³-hybridized carbons (Fsp3) is 0.214. The molecule has 0 fully saturated rings. The molecule has 1 aromatic carbocycles. The van der Waals surface area contributed by atoms with Gasteiger partial charge in [-0.1, -0.05) is 6.07 Å². The Labute approximate surface area is 115 Å². The molecule has 18 heavy (non-hydrogen) atoms. The maximum Gasteiger partial charge on any atom is 0.135 e. The van der Waals surface area contributed by atoms with Gasteiger partial charge in [-0.15, -0.1) is 0 Å². The molecule has 0 unspecified atom stereocenters. The smallest absolute Gasteiger partial charge is 0.135 e. The van der Waals surface area contributed by atoms with E-state index in [0.29, 0.717) is 6.54 Å². The van der Waals surface area contributed by atoms with E-state index in [0.717, 1.165) is 27.3 Å². The lowest BCUT2D eigenvalue weighted by atomic mass is 10.2. The summed E-state index contributed by atoms with van der Waals surface area (Å²) < 4.78 is 6.20. The number of anilines is 1. The minimum absolute atomic E-state index is 0.701. The predicted molar refractivity (Wildman–Crippen MR) is 77.0 cm³/mol. The molecule has 2 aromatic rings. The molecular weight excluding hydrogens is 292 g/mol. The molecule has 0 spiro atoms. The van der Waals surface area contributed by atoms with E-state index in [1.54, 1.807) is 7.11 Å². The molecule has 0 saturated carbocycles. The van der Waals surface area contributed by atoms with Gasteiger partial charge in [-0.2, -0.15) is 0 Å². The van der Waals surface area contributed by atoms with Gasteiger partial charge in [-0.05, 0) is 47.1 Å². The first-order chi connectivity index (χ1) is 8.69. The molecule has 1 heterocycles. The first-order valence-electron chi connectivity index (χ1n) is 5.69. The van der Waals surface area contributed by atoms with Crippen LogP contribution in [0, 0.1) is 6.92 Å². The summed E-state index contributed by atoms with van der Waals surface area (Å²) in [6, 6.07) is 11.9. The van der Waals surface area contributed by atoms with Gasteiger partial charge in [0.25, 0.3) is 0 Å². The van der Waals surface area contributed by atoms with Crippen molar-refractivity contribution in [3.63, 3.8) is 0 Å². The summed E-state index contributed by atoms with van der Waals surface area (Å²) in [4.78, 5) is 4.45. The number of halogens is 1. The Morgan fingerprint density at radius 3 is 2.83 bits per heavy atom. The lowest BCUT2D eigenvalue weighted by Gasteiger charge is -2.09. The van der Waals surface area contributed by atoms with Crippen LogP contribution in [0.1, 0.15) is 11.4 Å². The first kappa shape index (κ1) is 12.9. The van der Waals surface area contributed by atoms with Crippen LogP contribution in [-0.4, -0.2) is 12.1 Å². The van der Waals surface area contributed by atoms with Gasteiger partial charge in [0.2, 0.25) is 0 Å². The van der Waals surface area contributed by atoms with Crippen molar-refractivity contribution in [2.75, 3.05) is 12.4 Å². The number of benzene rings is 1. The van der Waals surface area contributed by atoms with Crippen molar-refractivity contribution in [1.82, 2.24) is 4.98 Å². The fourth-order valence-electron chi connectivity index (χ4n) is 1.66. The van der Waals surface area contributed by atoms with Gasteiger partial charge in [-0.3, -0.25) is 4.98 Å². The Kier molecular flexibility index (Phi) is 4.20. The van der Waals surface area contributed by atoms with Crippen LogP contribution in [0.4, 0.5) is 5.69 Å². The molecule has 0 amide bonds. The van der Waals surface area contributed by atoms with Crippen LogP contribution in [0.3, 0.4) is 0 Å². The molecule has 94 valence electrons. The standard InChI is InChI=1S/C14H15BrN2O/c1-10-4-3-5-12(17-10)9-16-11-6-7-13(15)14(8-11)18-2/h3-8,16H,9H2,1-2H3. The molecule has 0 aliphatic heterocycles. The van der Waals surface area contributed by atoms with E-state index >= 15 is 0 Å². The highest BCUT2D eigenvalue weighted by Gasteiger charge is 2.01. The number of aromatic nitrogens is 1. The highest BCUT2D eigenvalue weighted by atomic mass is 79.9. The number of methoxy groups -OCH3 is 1. The fourth-order valence-corrected chi connectivity index (χ4v) is 2.07. The molecule has 0 bridgehead atoms. The summed E-state index contributed by atoms with van der Waals surface area (Å²) in [6.45, 7) is 2.69. The zero-order valence-electron chi connectivity index (χ0n) is 10.4. The summed E-state index contributed by atoms with van der Waals surface area (Å²) >= 11 is 3.43. The van der Waals surface area contributed by atoms with Crippen molar-refractivity contribution in [2.24, 2.45) is 0 Å². The third kappa shape index (κ3) is 3.23. The Morgan fingerprint density at radius 2 is 2.11 bits per heavy atom. The average Bonchev–Trinajstić information content (AvgIpc) is 2.38. The van der Waals surface area contributed by atoms with Gasteiger partial charge in [0.05, 0.1) is 23.8 Å². The quantitative estimate of drug-likeness (QED) is 0.933. The zero-order chi connectivity index (χ0) is 13.0. The van der Waals surface area contributed by atoms with Crippen LogP contribution >= 0.6 is 15.9 Å². The summed E-state index contributed by atoms with van der Waals surface area (Å²) in [5.74, 6) is 0.817. The largest absolute Gasteiger partial charge is 0.495 e. The Hall–Kier alpha value is -1.55. The topological polar surface area (TPSA) is 34.1 Å². The average molecular weight is 307 g/mol. The third-order valence-corrected chi connectivity index (χ3v) is 3.23. The van der Waals surface area contributed by atoms with E-state index in [9.17, 15) is 0 Å². The van der Waals surface area contributed by atoms with E-state index in [1.807, 2.05) is 43.3 Å². The van der Waals surface area contributed by atoms with Crippen LogP contribution in [0.15, 0.2) is 40.9 Å². The minimum atomic E-state index is 0.701. The summed E-state index contributed by atoms with van der Waals surface area (Å²) in [5.41, 5.74) is 3.07.